The Labute approximate surface area is 143 Å². The highest BCUT2D eigenvalue weighted by Gasteiger charge is 2.11. The molecule has 130 valence electrons. The lowest BCUT2D eigenvalue weighted by Gasteiger charge is -2.18. The van der Waals surface area contributed by atoms with Crippen molar-refractivity contribution < 1.29 is 13.9 Å². The standard InChI is InChI=1S/C20H26FNO2/c1-5-24-17-9-7-16(8-10-17)22-19-12-15(6-11-18(19)21)13-23-14-20(2,3)4/h6-12,22H,5,13-14H2,1-4H3. The third-order valence-electron chi connectivity index (χ3n) is 3.28. The summed E-state index contributed by atoms with van der Waals surface area (Å²) in [5.74, 6) is 0.510. The molecule has 0 aromatic heterocycles. The van der Waals surface area contributed by atoms with Crippen molar-refractivity contribution in [3.63, 3.8) is 0 Å². The number of nitrogens with one attached hydrogen (secondary N) is 1. The second kappa shape index (κ2) is 8.15. The Kier molecular flexibility index (Phi) is 6.21. The summed E-state index contributed by atoms with van der Waals surface area (Å²) in [5, 5.41) is 3.10. The molecule has 0 saturated heterocycles. The van der Waals surface area contributed by atoms with Crippen LogP contribution in [-0.4, -0.2) is 13.2 Å². The van der Waals surface area contributed by atoms with Crippen LogP contribution in [0.1, 0.15) is 33.3 Å². The number of hydrogen-bond acceptors (Lipinski definition) is 3. The Morgan fingerprint density at radius 2 is 1.75 bits per heavy atom. The lowest BCUT2D eigenvalue weighted by molar-refractivity contribution is 0.0599. The molecule has 0 unspecified atom stereocenters. The van der Waals surface area contributed by atoms with Crippen molar-refractivity contribution in [2.45, 2.75) is 34.3 Å². The molecule has 0 amide bonds. The highest BCUT2D eigenvalue weighted by atomic mass is 19.1. The molecular weight excluding hydrogens is 305 g/mol. The van der Waals surface area contributed by atoms with Crippen LogP contribution in [0.2, 0.25) is 0 Å². The van der Waals surface area contributed by atoms with Crippen LogP contribution in [-0.2, 0) is 11.3 Å². The molecule has 0 bridgehead atoms. The first-order chi connectivity index (χ1) is 11.4. The van der Waals surface area contributed by atoms with Gasteiger partial charge >= 0.3 is 0 Å². The van der Waals surface area contributed by atoms with Crippen molar-refractivity contribution in [2.24, 2.45) is 5.41 Å². The summed E-state index contributed by atoms with van der Waals surface area (Å²) < 4.78 is 25.2. The van der Waals surface area contributed by atoms with Crippen LogP contribution in [0.5, 0.6) is 5.75 Å². The summed E-state index contributed by atoms with van der Waals surface area (Å²) in [5.41, 5.74) is 2.30. The van der Waals surface area contributed by atoms with Crippen LogP contribution in [0.25, 0.3) is 0 Å². The Balaban J connectivity index is 2.02. The van der Waals surface area contributed by atoms with Crippen molar-refractivity contribution in [3.05, 3.63) is 53.8 Å². The second-order valence-electron chi connectivity index (χ2n) is 6.95. The maximum atomic E-state index is 14.0. The van der Waals surface area contributed by atoms with Gasteiger partial charge in [0.05, 0.1) is 25.5 Å². The van der Waals surface area contributed by atoms with Gasteiger partial charge in [-0.1, -0.05) is 26.8 Å². The average Bonchev–Trinajstić information content (AvgIpc) is 2.51. The predicted octanol–water partition coefficient (Wildman–Crippen LogP) is 5.53. The van der Waals surface area contributed by atoms with Crippen molar-refractivity contribution in [1.29, 1.82) is 0 Å². The number of rotatable bonds is 7. The minimum Gasteiger partial charge on any atom is -0.494 e. The van der Waals surface area contributed by atoms with Crippen molar-refractivity contribution >= 4 is 11.4 Å². The van der Waals surface area contributed by atoms with Gasteiger partial charge in [0, 0.05) is 5.69 Å². The summed E-state index contributed by atoms with van der Waals surface area (Å²) in [6.45, 7) is 10.1. The molecule has 3 nitrogen and oxygen atoms in total. The molecule has 0 atom stereocenters. The molecule has 0 heterocycles. The van der Waals surface area contributed by atoms with E-state index in [2.05, 4.69) is 26.1 Å². The van der Waals surface area contributed by atoms with E-state index in [9.17, 15) is 4.39 Å². The quantitative estimate of drug-likeness (QED) is 0.723. The number of halogens is 1. The fraction of sp³-hybridized carbons (Fsp3) is 0.400. The molecule has 0 fully saturated rings. The second-order valence-corrected chi connectivity index (χ2v) is 6.95. The van der Waals surface area contributed by atoms with E-state index in [1.54, 1.807) is 12.1 Å². The highest BCUT2D eigenvalue weighted by Crippen LogP contribution is 2.24. The molecule has 0 radical (unpaired) electrons. The predicted molar refractivity (Wildman–Crippen MR) is 96.4 cm³/mol. The Morgan fingerprint density at radius 3 is 2.38 bits per heavy atom. The van der Waals surface area contributed by atoms with Gasteiger partial charge < -0.3 is 14.8 Å². The van der Waals surface area contributed by atoms with Gasteiger partial charge in [0.25, 0.3) is 0 Å². The molecular formula is C20H26FNO2. The molecule has 0 spiro atoms. The number of hydrogen-bond donors (Lipinski definition) is 1. The first kappa shape index (κ1) is 18.3. The zero-order valence-electron chi connectivity index (χ0n) is 14.9. The van der Waals surface area contributed by atoms with Gasteiger partial charge in [-0.15, -0.1) is 0 Å². The summed E-state index contributed by atoms with van der Waals surface area (Å²) in [6, 6.07) is 12.5. The maximum Gasteiger partial charge on any atom is 0.146 e. The molecule has 1 N–H and O–H groups in total. The molecule has 24 heavy (non-hydrogen) atoms. The van der Waals surface area contributed by atoms with E-state index in [-0.39, 0.29) is 11.2 Å². The van der Waals surface area contributed by atoms with Crippen LogP contribution in [0.3, 0.4) is 0 Å². The van der Waals surface area contributed by atoms with E-state index >= 15 is 0 Å². The summed E-state index contributed by atoms with van der Waals surface area (Å²) >= 11 is 0. The minimum absolute atomic E-state index is 0.115. The van der Waals surface area contributed by atoms with Crippen LogP contribution >= 0.6 is 0 Å². The first-order valence-corrected chi connectivity index (χ1v) is 8.23. The minimum atomic E-state index is -0.288. The van der Waals surface area contributed by atoms with E-state index in [1.807, 2.05) is 31.2 Å². The fourth-order valence-corrected chi connectivity index (χ4v) is 2.19. The third kappa shape index (κ3) is 5.85. The fourth-order valence-electron chi connectivity index (χ4n) is 2.19. The highest BCUT2D eigenvalue weighted by molar-refractivity contribution is 5.61. The van der Waals surface area contributed by atoms with E-state index in [1.165, 1.54) is 6.07 Å². The van der Waals surface area contributed by atoms with E-state index in [0.29, 0.717) is 25.5 Å². The molecule has 0 aliphatic rings. The SMILES string of the molecule is CCOc1ccc(Nc2cc(COCC(C)(C)C)ccc2F)cc1. The zero-order chi connectivity index (χ0) is 17.6. The van der Waals surface area contributed by atoms with Gasteiger partial charge in [-0.2, -0.15) is 0 Å². The van der Waals surface area contributed by atoms with Gasteiger partial charge in [-0.3, -0.25) is 0 Å². The van der Waals surface area contributed by atoms with E-state index in [0.717, 1.165) is 17.0 Å². The molecule has 0 aliphatic heterocycles. The van der Waals surface area contributed by atoms with Crippen LogP contribution < -0.4 is 10.1 Å². The van der Waals surface area contributed by atoms with E-state index in [4.69, 9.17) is 9.47 Å². The number of ether oxygens (including phenoxy) is 2. The first-order valence-electron chi connectivity index (χ1n) is 8.23. The normalized spacial score (nSPS) is 11.4. The molecule has 0 aliphatic carbocycles. The monoisotopic (exact) mass is 331 g/mol. The van der Waals surface area contributed by atoms with Gasteiger partial charge in [-0.05, 0) is 54.3 Å². The third-order valence-corrected chi connectivity index (χ3v) is 3.28. The van der Waals surface area contributed by atoms with Gasteiger partial charge in [0.1, 0.15) is 11.6 Å². The van der Waals surface area contributed by atoms with Crippen molar-refractivity contribution in [2.75, 3.05) is 18.5 Å². The van der Waals surface area contributed by atoms with Gasteiger partial charge in [0.2, 0.25) is 0 Å². The average molecular weight is 331 g/mol. The summed E-state index contributed by atoms with van der Waals surface area (Å²) in [6.07, 6.45) is 0. The van der Waals surface area contributed by atoms with Crippen LogP contribution in [0, 0.1) is 11.2 Å². The molecule has 2 rings (SSSR count). The molecule has 4 heteroatoms. The lowest BCUT2D eigenvalue weighted by Crippen LogP contribution is -2.14. The number of benzene rings is 2. The van der Waals surface area contributed by atoms with Crippen molar-refractivity contribution in [3.8, 4) is 5.75 Å². The molecule has 2 aromatic carbocycles. The lowest BCUT2D eigenvalue weighted by atomic mass is 9.99. The summed E-state index contributed by atoms with van der Waals surface area (Å²) in [4.78, 5) is 0. The topological polar surface area (TPSA) is 30.5 Å². The molecule has 2 aromatic rings. The summed E-state index contributed by atoms with van der Waals surface area (Å²) in [7, 11) is 0. The molecule has 0 saturated carbocycles. The Bertz CT molecular complexity index is 648. The number of anilines is 2. The Morgan fingerprint density at radius 1 is 1.04 bits per heavy atom. The maximum absolute atomic E-state index is 14.0. The van der Waals surface area contributed by atoms with Crippen LogP contribution in [0.4, 0.5) is 15.8 Å². The van der Waals surface area contributed by atoms with Gasteiger partial charge in [0.15, 0.2) is 0 Å². The van der Waals surface area contributed by atoms with Crippen molar-refractivity contribution in [1.82, 2.24) is 0 Å². The van der Waals surface area contributed by atoms with Gasteiger partial charge in [-0.25, -0.2) is 4.39 Å². The van der Waals surface area contributed by atoms with Crippen LogP contribution in [0.15, 0.2) is 42.5 Å². The smallest absolute Gasteiger partial charge is 0.146 e. The van der Waals surface area contributed by atoms with E-state index < -0.39 is 0 Å². The Hall–Kier alpha value is -2.07. The largest absolute Gasteiger partial charge is 0.494 e. The zero-order valence-corrected chi connectivity index (χ0v) is 14.9.